The third-order valence-corrected chi connectivity index (χ3v) is 6.15. The molecule has 1 aromatic carbocycles. The molecular formula is C25H29FN8O. The number of halogens is 1. The van der Waals surface area contributed by atoms with Crippen LogP contribution < -0.4 is 20.3 Å². The maximum atomic E-state index is 14.7. The number of benzene rings is 1. The van der Waals surface area contributed by atoms with Gasteiger partial charge in [0.25, 0.3) is 0 Å². The second-order valence-electron chi connectivity index (χ2n) is 9.01. The van der Waals surface area contributed by atoms with Crippen LogP contribution in [-0.4, -0.2) is 64.5 Å². The molecule has 0 amide bonds. The number of aromatic nitrogens is 4. The summed E-state index contributed by atoms with van der Waals surface area (Å²) in [7, 11) is 3.24. The van der Waals surface area contributed by atoms with Gasteiger partial charge >= 0.3 is 6.01 Å². The minimum atomic E-state index is -0.412. The SMILES string of the molecule is CN=C(Nc1cc(F)c2nc(C)cn2c1)c1ccc(N2C[C@@H](C)N[C@@H](C)C2)c2cnc(OC)nc12. The molecule has 2 N–H and O–H groups in total. The molecule has 5 rings (SSSR count). The summed E-state index contributed by atoms with van der Waals surface area (Å²) in [6, 6.07) is 6.48. The van der Waals surface area contributed by atoms with Crippen LogP contribution in [0.5, 0.6) is 6.01 Å². The highest BCUT2D eigenvalue weighted by Gasteiger charge is 2.24. The number of hydrogen-bond acceptors (Lipinski definition) is 7. The molecule has 1 fully saturated rings. The molecule has 0 saturated carbocycles. The molecule has 0 radical (unpaired) electrons. The number of fused-ring (bicyclic) bond motifs is 2. The van der Waals surface area contributed by atoms with Crippen molar-refractivity contribution in [2.45, 2.75) is 32.9 Å². The van der Waals surface area contributed by atoms with E-state index in [4.69, 9.17) is 4.74 Å². The van der Waals surface area contributed by atoms with E-state index in [0.29, 0.717) is 29.1 Å². The average Bonchev–Trinajstić information content (AvgIpc) is 3.21. The van der Waals surface area contributed by atoms with Crippen LogP contribution in [0.3, 0.4) is 0 Å². The van der Waals surface area contributed by atoms with Gasteiger partial charge in [-0.05, 0) is 32.9 Å². The number of ether oxygens (including phenoxy) is 1. The van der Waals surface area contributed by atoms with Gasteiger partial charge in [-0.1, -0.05) is 0 Å². The van der Waals surface area contributed by atoms with E-state index in [1.165, 1.54) is 6.07 Å². The van der Waals surface area contributed by atoms with Crippen molar-refractivity contribution in [1.29, 1.82) is 0 Å². The number of methoxy groups -OCH3 is 1. The van der Waals surface area contributed by atoms with Gasteiger partial charge < -0.3 is 24.7 Å². The molecule has 1 aliphatic rings. The van der Waals surface area contributed by atoms with Gasteiger partial charge in [0.15, 0.2) is 11.5 Å². The van der Waals surface area contributed by atoms with Crippen LogP contribution in [0.2, 0.25) is 0 Å². The van der Waals surface area contributed by atoms with Gasteiger partial charge in [-0.15, -0.1) is 0 Å². The van der Waals surface area contributed by atoms with E-state index < -0.39 is 5.82 Å². The number of hydrogen-bond donors (Lipinski definition) is 2. The Kier molecular flexibility index (Phi) is 5.98. The third kappa shape index (κ3) is 4.37. The van der Waals surface area contributed by atoms with Crippen molar-refractivity contribution < 1.29 is 9.13 Å². The molecule has 35 heavy (non-hydrogen) atoms. The lowest BCUT2D eigenvalue weighted by molar-refractivity contribution is 0.381. The van der Waals surface area contributed by atoms with Crippen molar-refractivity contribution in [2.75, 3.05) is 37.5 Å². The zero-order chi connectivity index (χ0) is 24.7. The fourth-order valence-electron chi connectivity index (χ4n) is 4.81. The Morgan fingerprint density at radius 3 is 2.69 bits per heavy atom. The van der Waals surface area contributed by atoms with Crippen molar-refractivity contribution in [1.82, 2.24) is 24.7 Å². The molecule has 0 unspecified atom stereocenters. The van der Waals surface area contributed by atoms with Crippen LogP contribution in [-0.2, 0) is 0 Å². The molecule has 1 saturated heterocycles. The van der Waals surface area contributed by atoms with Crippen LogP contribution >= 0.6 is 0 Å². The predicted octanol–water partition coefficient (Wildman–Crippen LogP) is 3.41. The molecule has 9 nitrogen and oxygen atoms in total. The fourth-order valence-corrected chi connectivity index (χ4v) is 4.81. The maximum absolute atomic E-state index is 14.7. The number of aryl methyl sites for hydroxylation is 1. The molecular weight excluding hydrogens is 447 g/mol. The Morgan fingerprint density at radius 1 is 1.20 bits per heavy atom. The number of aliphatic imine (C=N–C) groups is 1. The first-order valence-electron chi connectivity index (χ1n) is 11.6. The van der Waals surface area contributed by atoms with Gasteiger partial charge in [0, 0.05) is 73.5 Å². The Labute approximate surface area is 203 Å². The summed E-state index contributed by atoms with van der Waals surface area (Å²) in [6.45, 7) is 7.95. The maximum Gasteiger partial charge on any atom is 0.316 e. The van der Waals surface area contributed by atoms with Crippen molar-refractivity contribution in [2.24, 2.45) is 4.99 Å². The van der Waals surface area contributed by atoms with Crippen LogP contribution in [0.15, 0.2) is 41.8 Å². The number of piperazine rings is 1. The fraction of sp³-hybridized carbons (Fsp3) is 0.360. The smallest absolute Gasteiger partial charge is 0.316 e. The number of amidine groups is 1. The van der Waals surface area contributed by atoms with Crippen LogP contribution in [0.1, 0.15) is 25.1 Å². The number of anilines is 2. The van der Waals surface area contributed by atoms with Gasteiger partial charge in [-0.3, -0.25) is 4.99 Å². The topological polar surface area (TPSA) is 92.0 Å². The van der Waals surface area contributed by atoms with Gasteiger partial charge in [-0.2, -0.15) is 4.98 Å². The molecule has 3 aromatic heterocycles. The monoisotopic (exact) mass is 476 g/mol. The van der Waals surface area contributed by atoms with Crippen LogP contribution in [0.4, 0.5) is 15.8 Å². The number of nitrogens with one attached hydrogen (secondary N) is 2. The molecule has 0 spiro atoms. The number of rotatable bonds is 4. The third-order valence-electron chi connectivity index (χ3n) is 6.15. The summed E-state index contributed by atoms with van der Waals surface area (Å²) < 4.78 is 21.7. The zero-order valence-electron chi connectivity index (χ0n) is 20.5. The minimum absolute atomic E-state index is 0.273. The summed E-state index contributed by atoms with van der Waals surface area (Å²) in [5.74, 6) is 0.143. The Balaban J connectivity index is 1.58. The van der Waals surface area contributed by atoms with Crippen molar-refractivity contribution in [3.63, 3.8) is 0 Å². The van der Waals surface area contributed by atoms with E-state index in [2.05, 4.69) is 55.4 Å². The van der Waals surface area contributed by atoms with Gasteiger partial charge in [-0.25, -0.2) is 14.4 Å². The molecule has 10 heteroatoms. The molecule has 0 aliphatic carbocycles. The molecule has 2 atom stereocenters. The van der Waals surface area contributed by atoms with Gasteiger partial charge in [0.2, 0.25) is 0 Å². The van der Waals surface area contributed by atoms with Gasteiger partial charge in [0.05, 0.1) is 24.0 Å². The first-order valence-corrected chi connectivity index (χ1v) is 11.6. The van der Waals surface area contributed by atoms with E-state index in [1.54, 1.807) is 37.1 Å². The van der Waals surface area contributed by atoms with E-state index in [9.17, 15) is 4.39 Å². The highest BCUT2D eigenvalue weighted by atomic mass is 19.1. The van der Waals surface area contributed by atoms with E-state index >= 15 is 0 Å². The van der Waals surface area contributed by atoms with Crippen molar-refractivity contribution >= 4 is 33.8 Å². The second kappa shape index (κ2) is 9.10. The van der Waals surface area contributed by atoms with Gasteiger partial charge in [0.1, 0.15) is 5.84 Å². The molecule has 4 aromatic rings. The quantitative estimate of drug-likeness (QED) is 0.345. The molecule has 4 heterocycles. The highest BCUT2D eigenvalue weighted by Crippen LogP contribution is 2.31. The normalized spacial score (nSPS) is 18.9. The highest BCUT2D eigenvalue weighted by molar-refractivity contribution is 6.16. The molecule has 0 bridgehead atoms. The largest absolute Gasteiger partial charge is 0.467 e. The summed E-state index contributed by atoms with van der Waals surface area (Å²) in [5, 5.41) is 7.74. The number of nitrogens with zero attached hydrogens (tertiary/aromatic N) is 6. The van der Waals surface area contributed by atoms with E-state index in [-0.39, 0.29) is 11.7 Å². The van der Waals surface area contributed by atoms with Crippen LogP contribution in [0.25, 0.3) is 16.6 Å². The molecule has 182 valence electrons. The van der Waals surface area contributed by atoms with Crippen molar-refractivity contribution in [3.8, 4) is 6.01 Å². The standard InChI is InChI=1S/C25H29FN8O/c1-14-10-33(11-15(2)29-14)21-7-6-18(22-19(21)9-28-25(32-22)35-5)23(27-4)31-17-8-20(26)24-30-16(3)12-34(24)13-17/h6-9,12-15,29H,10-11H2,1-5H3,(H,27,31)/t14-,15+. The first kappa shape index (κ1) is 23.0. The predicted molar refractivity (Wildman–Crippen MR) is 136 cm³/mol. The number of imidazole rings is 1. The second-order valence-corrected chi connectivity index (χ2v) is 9.01. The lowest BCUT2D eigenvalue weighted by Gasteiger charge is -2.38. The minimum Gasteiger partial charge on any atom is -0.467 e. The summed E-state index contributed by atoms with van der Waals surface area (Å²) in [6.07, 6.45) is 5.37. The lowest BCUT2D eigenvalue weighted by Crippen LogP contribution is -2.54. The van der Waals surface area contributed by atoms with E-state index in [0.717, 1.165) is 35.4 Å². The van der Waals surface area contributed by atoms with E-state index in [1.807, 2.05) is 13.0 Å². The Hall–Kier alpha value is -3.79. The number of pyridine rings is 1. The first-order chi connectivity index (χ1) is 16.9. The average molecular weight is 477 g/mol. The zero-order valence-corrected chi connectivity index (χ0v) is 20.5. The van der Waals surface area contributed by atoms with Crippen molar-refractivity contribution in [3.05, 3.63) is 53.9 Å². The summed E-state index contributed by atoms with van der Waals surface area (Å²) >= 11 is 0. The Morgan fingerprint density at radius 2 is 1.97 bits per heavy atom. The summed E-state index contributed by atoms with van der Waals surface area (Å²) in [4.78, 5) is 20.1. The van der Waals surface area contributed by atoms with Crippen LogP contribution in [0, 0.1) is 12.7 Å². The Bertz CT molecular complexity index is 1420. The summed E-state index contributed by atoms with van der Waals surface area (Å²) in [5.41, 5.74) is 4.12. The molecule has 1 aliphatic heterocycles. The lowest BCUT2D eigenvalue weighted by atomic mass is 10.0.